The number of fused-ring (bicyclic) bond motifs is 5. The summed E-state index contributed by atoms with van der Waals surface area (Å²) in [5.74, 6) is 0.0118. The average Bonchev–Trinajstić information content (AvgIpc) is 3.93. The number of ketones is 1. The van der Waals surface area contributed by atoms with Crippen LogP contribution in [0.1, 0.15) is 311 Å². The molecule has 0 amide bonds. The van der Waals surface area contributed by atoms with Gasteiger partial charge in [-0.3, -0.25) is 28.8 Å². The average molecular weight is 1110 g/mol. The predicted molar refractivity (Wildman–Crippen MR) is 316 cm³/mol. The van der Waals surface area contributed by atoms with Crippen LogP contribution in [-0.4, -0.2) is 67.7 Å². The second-order valence-electron chi connectivity index (χ2n) is 25.9. The molecule has 79 heavy (non-hydrogen) atoms. The molecule has 0 radical (unpaired) electrons. The topological polar surface area (TPSA) is 149 Å². The minimum atomic E-state index is -0.899. The summed E-state index contributed by atoms with van der Waals surface area (Å²) in [6, 6.07) is 0. The Hall–Kier alpha value is -3.24. The molecule has 0 heterocycles. The highest BCUT2D eigenvalue weighted by atomic mass is 16.6. The van der Waals surface area contributed by atoms with Crippen LogP contribution in [0.5, 0.6) is 0 Å². The molecule has 0 saturated heterocycles. The molecular weight excluding hydrogens is 993 g/mol. The van der Waals surface area contributed by atoms with Gasteiger partial charge in [-0.2, -0.15) is 0 Å². The van der Waals surface area contributed by atoms with E-state index in [1.807, 2.05) is 19.9 Å². The van der Waals surface area contributed by atoms with E-state index in [1.165, 1.54) is 134 Å². The molecule has 0 aromatic carbocycles. The minimum Gasteiger partial charge on any atom is -0.465 e. The van der Waals surface area contributed by atoms with E-state index in [0.29, 0.717) is 69.1 Å². The molecule has 0 spiro atoms. The molecule has 8 atom stereocenters. The fourth-order valence-electron chi connectivity index (χ4n) is 14.1. The molecule has 3 unspecified atom stereocenters. The van der Waals surface area contributed by atoms with E-state index in [-0.39, 0.29) is 84.7 Å². The molecule has 3 saturated carbocycles. The fourth-order valence-corrected chi connectivity index (χ4v) is 14.1. The van der Waals surface area contributed by atoms with Gasteiger partial charge in [-0.1, -0.05) is 201 Å². The second-order valence-corrected chi connectivity index (χ2v) is 25.9. The summed E-state index contributed by atoms with van der Waals surface area (Å²) in [5.41, 5.74) is 1.50. The highest BCUT2D eigenvalue weighted by Gasteiger charge is 2.60. The number of esters is 5. The summed E-state index contributed by atoms with van der Waals surface area (Å²) in [7, 11) is 0. The highest BCUT2D eigenvalue weighted by molar-refractivity contribution is 5.91. The zero-order valence-corrected chi connectivity index (χ0v) is 51.4. The summed E-state index contributed by atoms with van der Waals surface area (Å²) in [5, 5.41) is 0. The zero-order chi connectivity index (χ0) is 57.1. The van der Waals surface area contributed by atoms with E-state index in [2.05, 4.69) is 27.7 Å². The van der Waals surface area contributed by atoms with Crippen LogP contribution in [-0.2, 0) is 52.5 Å². The van der Waals surface area contributed by atoms with Gasteiger partial charge in [-0.05, 0) is 119 Å². The number of carbonyl (C=O) groups excluding carboxylic acids is 6. The van der Waals surface area contributed by atoms with Crippen LogP contribution in [0.3, 0.4) is 0 Å². The van der Waals surface area contributed by atoms with Crippen molar-refractivity contribution < 1.29 is 52.5 Å². The van der Waals surface area contributed by atoms with Crippen LogP contribution >= 0.6 is 0 Å². The van der Waals surface area contributed by atoms with Crippen molar-refractivity contribution >= 4 is 35.6 Å². The van der Waals surface area contributed by atoms with E-state index in [4.69, 9.17) is 23.7 Å². The molecule has 0 aliphatic heterocycles. The molecule has 11 nitrogen and oxygen atoms in total. The second kappa shape index (κ2) is 39.3. The first-order valence-corrected chi connectivity index (χ1v) is 33.3. The Morgan fingerprint density at radius 1 is 0.532 bits per heavy atom. The van der Waals surface area contributed by atoms with Gasteiger partial charge in [0.25, 0.3) is 0 Å². The van der Waals surface area contributed by atoms with E-state index in [0.717, 1.165) is 83.5 Å². The van der Waals surface area contributed by atoms with Gasteiger partial charge >= 0.3 is 29.8 Å². The third kappa shape index (κ3) is 25.8. The summed E-state index contributed by atoms with van der Waals surface area (Å²) < 4.78 is 28.8. The van der Waals surface area contributed by atoms with Gasteiger partial charge in [0.2, 0.25) is 0 Å². The van der Waals surface area contributed by atoms with Gasteiger partial charge in [-0.15, -0.1) is 0 Å². The van der Waals surface area contributed by atoms with Crippen molar-refractivity contribution in [2.75, 3.05) is 19.8 Å². The first-order valence-electron chi connectivity index (χ1n) is 33.3. The van der Waals surface area contributed by atoms with Crippen LogP contribution in [0.15, 0.2) is 11.6 Å². The van der Waals surface area contributed by atoms with Crippen molar-refractivity contribution in [2.24, 2.45) is 40.4 Å². The van der Waals surface area contributed by atoms with Gasteiger partial charge in [-0.25, -0.2) is 0 Å². The van der Waals surface area contributed by atoms with Gasteiger partial charge in [0.15, 0.2) is 11.9 Å². The Morgan fingerprint density at radius 3 is 1.56 bits per heavy atom. The third-order valence-corrected chi connectivity index (χ3v) is 19.3. The number of hydrogen-bond donors (Lipinski definition) is 0. The SMILES string of the molecule is CCCCCCCCCCCCCCCC(=O)OCC(COC(=O)CCCCCCCCCCCCCCC)OC(=O)CC(C)CCC(C)C(=O)OCCCCC(=O)OC1CC[C@H]2[C@@H]3CCC4=CC(=O)CC[C@]4(C)[C@H]3CC[C@]12C. The van der Waals surface area contributed by atoms with Crippen LogP contribution in [0.2, 0.25) is 0 Å². The molecule has 0 aromatic heterocycles. The highest BCUT2D eigenvalue weighted by Crippen LogP contribution is 2.65. The number of allylic oxidation sites excluding steroid dienone is 1. The predicted octanol–water partition coefficient (Wildman–Crippen LogP) is 17.5. The first-order chi connectivity index (χ1) is 38.2. The van der Waals surface area contributed by atoms with Gasteiger partial charge < -0.3 is 23.7 Å². The number of carbonyl (C=O) groups is 6. The lowest BCUT2D eigenvalue weighted by Gasteiger charge is -2.57. The maximum Gasteiger partial charge on any atom is 0.308 e. The molecule has 0 aromatic rings. The maximum absolute atomic E-state index is 13.2. The van der Waals surface area contributed by atoms with Crippen LogP contribution < -0.4 is 0 Å². The van der Waals surface area contributed by atoms with Gasteiger partial charge in [0, 0.05) is 37.5 Å². The van der Waals surface area contributed by atoms with E-state index in [9.17, 15) is 28.8 Å². The number of ether oxygens (including phenoxy) is 5. The lowest BCUT2D eigenvalue weighted by atomic mass is 9.47. The van der Waals surface area contributed by atoms with Crippen LogP contribution in [0, 0.1) is 40.4 Å². The fraction of sp³-hybridized carbons (Fsp3) is 0.882. The van der Waals surface area contributed by atoms with Crippen molar-refractivity contribution in [2.45, 2.75) is 323 Å². The Morgan fingerprint density at radius 2 is 1.03 bits per heavy atom. The van der Waals surface area contributed by atoms with Gasteiger partial charge in [0.05, 0.1) is 12.5 Å². The molecule has 4 rings (SSSR count). The summed E-state index contributed by atoms with van der Waals surface area (Å²) in [4.78, 5) is 77.2. The quantitative estimate of drug-likeness (QED) is 0.0326. The molecular formula is C68H116O11. The molecule has 4 aliphatic carbocycles. The molecule has 11 heteroatoms. The van der Waals surface area contributed by atoms with E-state index in [1.54, 1.807) is 0 Å². The Bertz CT molecular complexity index is 1750. The maximum atomic E-state index is 13.2. The molecule has 3 fully saturated rings. The van der Waals surface area contributed by atoms with Crippen LogP contribution in [0.4, 0.5) is 0 Å². The van der Waals surface area contributed by atoms with Crippen molar-refractivity contribution in [3.8, 4) is 0 Å². The summed E-state index contributed by atoms with van der Waals surface area (Å²) in [6.07, 6.45) is 44.1. The number of hydrogen-bond acceptors (Lipinski definition) is 11. The largest absolute Gasteiger partial charge is 0.465 e. The number of unbranched alkanes of at least 4 members (excludes halogenated alkanes) is 25. The third-order valence-electron chi connectivity index (χ3n) is 19.3. The lowest BCUT2D eigenvalue weighted by Crippen LogP contribution is -2.51. The van der Waals surface area contributed by atoms with E-state index >= 15 is 0 Å². The smallest absolute Gasteiger partial charge is 0.308 e. The first kappa shape index (κ1) is 68.3. The van der Waals surface area contributed by atoms with Crippen molar-refractivity contribution in [3.63, 3.8) is 0 Å². The Kier molecular flexibility index (Phi) is 33.9. The molecule has 4 aliphatic rings. The summed E-state index contributed by atoms with van der Waals surface area (Å²) in [6.45, 7) is 12.9. The molecule has 0 N–H and O–H groups in total. The van der Waals surface area contributed by atoms with Crippen molar-refractivity contribution in [1.29, 1.82) is 0 Å². The zero-order valence-electron chi connectivity index (χ0n) is 51.4. The van der Waals surface area contributed by atoms with Crippen molar-refractivity contribution in [1.82, 2.24) is 0 Å². The standard InChI is InChI=1S/C68H116O11/c1-7-9-11-13-15-17-19-21-23-25-27-29-31-35-62(70)76-51-57(52-77-63(71)36-32-30-28-26-24-22-20-18-16-14-12-10-8-2)78-65(73)49-53(3)38-39-54(4)66(74)75-48-34-33-37-64(72)79-61-43-42-59-58-41-40-55-50-56(69)44-46-67(55,5)60(58)45-47-68(59,61)6/h50,53-54,57-61H,7-49,51-52H2,1-6H3/t53?,54?,58-,59-,60-,61?,67-,68-/m0/s1. The Balaban J connectivity index is 1.09. The Labute approximate surface area is 481 Å². The summed E-state index contributed by atoms with van der Waals surface area (Å²) >= 11 is 0. The van der Waals surface area contributed by atoms with Crippen LogP contribution in [0.25, 0.3) is 0 Å². The normalized spacial score (nSPS) is 23.2. The van der Waals surface area contributed by atoms with Crippen molar-refractivity contribution in [3.05, 3.63) is 11.6 Å². The monoisotopic (exact) mass is 1110 g/mol. The molecule has 0 bridgehead atoms. The molecule has 454 valence electrons. The van der Waals surface area contributed by atoms with Gasteiger partial charge in [0.1, 0.15) is 19.3 Å². The van der Waals surface area contributed by atoms with E-state index < -0.39 is 12.1 Å². The minimum absolute atomic E-state index is 0.00597. The number of rotatable bonds is 45. The lowest BCUT2D eigenvalue weighted by molar-refractivity contribution is -0.167.